The molecule has 0 saturated heterocycles. The smallest absolute Gasteiger partial charge is 0.335 e. The molecule has 1 unspecified atom stereocenters. The lowest BCUT2D eigenvalue weighted by molar-refractivity contribution is -0.139. The van der Waals surface area contributed by atoms with Crippen molar-refractivity contribution < 1.29 is 9.53 Å². The zero-order chi connectivity index (χ0) is 12.5. The standard InChI is InChI=1S/C15H17NO2/c1-2-18-15(17)13-9-12-6-3-5-11-7-4-8-16(10-13)14(11)12/h3-5,7,10,12H,2,6,8-9H2,1H3. The maximum absolute atomic E-state index is 11.9. The van der Waals surface area contributed by atoms with E-state index in [-0.39, 0.29) is 5.97 Å². The highest BCUT2D eigenvalue weighted by atomic mass is 16.5. The molecule has 3 nitrogen and oxygen atoms in total. The molecule has 2 heterocycles. The van der Waals surface area contributed by atoms with Gasteiger partial charge in [-0.3, -0.25) is 0 Å². The fraction of sp³-hybridized carbons (Fsp3) is 0.400. The first-order valence-corrected chi connectivity index (χ1v) is 6.51. The summed E-state index contributed by atoms with van der Waals surface area (Å²) < 4.78 is 5.11. The average molecular weight is 243 g/mol. The minimum Gasteiger partial charge on any atom is -0.463 e. The van der Waals surface area contributed by atoms with Crippen LogP contribution in [-0.2, 0) is 9.53 Å². The van der Waals surface area contributed by atoms with E-state index in [1.54, 1.807) is 0 Å². The molecule has 0 N–H and O–H groups in total. The van der Waals surface area contributed by atoms with Gasteiger partial charge in [-0.05, 0) is 25.3 Å². The van der Waals surface area contributed by atoms with Gasteiger partial charge in [0.25, 0.3) is 0 Å². The first-order valence-electron chi connectivity index (χ1n) is 6.51. The minimum atomic E-state index is -0.165. The molecule has 1 atom stereocenters. The van der Waals surface area contributed by atoms with Crippen LogP contribution in [0, 0.1) is 5.92 Å². The molecule has 0 aromatic heterocycles. The molecule has 0 amide bonds. The second-order valence-corrected chi connectivity index (χ2v) is 4.81. The topological polar surface area (TPSA) is 29.5 Å². The van der Waals surface area contributed by atoms with E-state index < -0.39 is 0 Å². The van der Waals surface area contributed by atoms with Crippen LogP contribution in [0.2, 0.25) is 0 Å². The number of esters is 1. The largest absolute Gasteiger partial charge is 0.463 e. The zero-order valence-corrected chi connectivity index (χ0v) is 10.6. The number of carbonyl (C=O) groups excluding carboxylic acids is 1. The number of carbonyl (C=O) groups is 1. The van der Waals surface area contributed by atoms with Gasteiger partial charge >= 0.3 is 5.97 Å². The molecule has 3 heteroatoms. The monoisotopic (exact) mass is 243 g/mol. The lowest BCUT2D eigenvalue weighted by Crippen LogP contribution is -2.33. The maximum atomic E-state index is 11.9. The van der Waals surface area contributed by atoms with Gasteiger partial charge in [-0.1, -0.05) is 24.3 Å². The van der Waals surface area contributed by atoms with Crippen molar-refractivity contribution in [3.63, 3.8) is 0 Å². The van der Waals surface area contributed by atoms with Crippen LogP contribution in [0.25, 0.3) is 0 Å². The summed E-state index contributed by atoms with van der Waals surface area (Å²) in [6.45, 7) is 3.14. The number of rotatable bonds is 2. The van der Waals surface area contributed by atoms with Gasteiger partial charge in [-0.15, -0.1) is 0 Å². The fourth-order valence-corrected chi connectivity index (χ4v) is 2.89. The summed E-state index contributed by atoms with van der Waals surface area (Å²) in [5, 5.41) is 0. The molecule has 0 aromatic carbocycles. The summed E-state index contributed by atoms with van der Waals surface area (Å²) >= 11 is 0. The highest BCUT2D eigenvalue weighted by Crippen LogP contribution is 2.39. The third-order valence-corrected chi connectivity index (χ3v) is 3.63. The van der Waals surface area contributed by atoms with E-state index in [4.69, 9.17) is 4.74 Å². The zero-order valence-electron chi connectivity index (χ0n) is 10.6. The van der Waals surface area contributed by atoms with Crippen LogP contribution in [-0.4, -0.2) is 24.0 Å². The van der Waals surface area contributed by atoms with Gasteiger partial charge in [0.1, 0.15) is 0 Å². The van der Waals surface area contributed by atoms with Gasteiger partial charge in [-0.25, -0.2) is 4.79 Å². The predicted octanol–water partition coefficient (Wildman–Crippen LogP) is 2.54. The van der Waals surface area contributed by atoms with Crippen LogP contribution < -0.4 is 0 Å². The van der Waals surface area contributed by atoms with Gasteiger partial charge in [0.05, 0.1) is 12.2 Å². The number of allylic oxidation sites excluding steroid dienone is 5. The van der Waals surface area contributed by atoms with Crippen LogP contribution in [0.1, 0.15) is 19.8 Å². The number of ether oxygens (including phenoxy) is 1. The second kappa shape index (κ2) is 4.48. The van der Waals surface area contributed by atoms with Gasteiger partial charge < -0.3 is 9.64 Å². The van der Waals surface area contributed by atoms with Crippen LogP contribution >= 0.6 is 0 Å². The second-order valence-electron chi connectivity index (χ2n) is 4.81. The molecule has 0 saturated carbocycles. The predicted molar refractivity (Wildman–Crippen MR) is 69.5 cm³/mol. The van der Waals surface area contributed by atoms with E-state index in [9.17, 15) is 4.79 Å². The Labute approximate surface area is 107 Å². The highest BCUT2D eigenvalue weighted by Gasteiger charge is 2.32. The van der Waals surface area contributed by atoms with E-state index in [2.05, 4.69) is 29.2 Å². The molecule has 18 heavy (non-hydrogen) atoms. The van der Waals surface area contributed by atoms with Crippen molar-refractivity contribution >= 4 is 5.97 Å². The Kier molecular flexibility index (Phi) is 2.82. The number of hydrogen-bond acceptors (Lipinski definition) is 3. The Bertz CT molecular complexity index is 493. The van der Waals surface area contributed by atoms with Gasteiger partial charge in [-0.2, -0.15) is 0 Å². The summed E-state index contributed by atoms with van der Waals surface area (Å²) in [6, 6.07) is 0. The normalized spacial score (nSPS) is 24.8. The van der Waals surface area contributed by atoms with Crippen molar-refractivity contribution in [2.75, 3.05) is 13.2 Å². The third-order valence-electron chi connectivity index (χ3n) is 3.63. The highest BCUT2D eigenvalue weighted by molar-refractivity contribution is 5.88. The van der Waals surface area contributed by atoms with E-state index in [0.717, 1.165) is 25.0 Å². The van der Waals surface area contributed by atoms with Crippen LogP contribution in [0.4, 0.5) is 0 Å². The molecule has 0 radical (unpaired) electrons. The summed E-state index contributed by atoms with van der Waals surface area (Å²) in [4.78, 5) is 14.1. The quantitative estimate of drug-likeness (QED) is 0.698. The molecule has 0 fully saturated rings. The lowest BCUT2D eigenvalue weighted by Gasteiger charge is -2.38. The lowest BCUT2D eigenvalue weighted by atomic mass is 9.82. The Morgan fingerprint density at radius 3 is 3.11 bits per heavy atom. The summed E-state index contributed by atoms with van der Waals surface area (Å²) in [6.07, 6.45) is 12.5. The summed E-state index contributed by atoms with van der Waals surface area (Å²) in [7, 11) is 0. The van der Waals surface area contributed by atoms with Crippen LogP contribution in [0.5, 0.6) is 0 Å². The van der Waals surface area contributed by atoms with Gasteiger partial charge in [0.15, 0.2) is 0 Å². The van der Waals surface area contributed by atoms with Crippen molar-refractivity contribution in [2.24, 2.45) is 5.92 Å². The molecule has 0 spiro atoms. The molecule has 1 aliphatic carbocycles. The SMILES string of the molecule is CCOC(=O)C1=CN2CC=CC3=C2C(CC=C3)C1. The molecule has 94 valence electrons. The van der Waals surface area contributed by atoms with Crippen molar-refractivity contribution in [3.8, 4) is 0 Å². The van der Waals surface area contributed by atoms with E-state index in [0.29, 0.717) is 12.5 Å². The first kappa shape index (κ1) is 11.3. The van der Waals surface area contributed by atoms with Crippen molar-refractivity contribution in [3.05, 3.63) is 47.3 Å². The molecule has 3 aliphatic rings. The Morgan fingerprint density at radius 1 is 1.44 bits per heavy atom. The number of hydrogen-bond donors (Lipinski definition) is 0. The summed E-state index contributed by atoms with van der Waals surface area (Å²) in [5.74, 6) is 0.265. The van der Waals surface area contributed by atoms with E-state index >= 15 is 0 Å². The van der Waals surface area contributed by atoms with Crippen LogP contribution in [0.15, 0.2) is 47.3 Å². The van der Waals surface area contributed by atoms with E-state index in [1.165, 1.54) is 11.3 Å². The maximum Gasteiger partial charge on any atom is 0.335 e. The van der Waals surface area contributed by atoms with Crippen LogP contribution in [0.3, 0.4) is 0 Å². The average Bonchev–Trinajstić information content (AvgIpc) is 2.39. The Morgan fingerprint density at radius 2 is 2.28 bits per heavy atom. The molecular weight excluding hydrogens is 226 g/mol. The molecule has 3 rings (SSSR count). The van der Waals surface area contributed by atoms with Gasteiger partial charge in [0.2, 0.25) is 0 Å². The van der Waals surface area contributed by atoms with E-state index in [1.807, 2.05) is 13.1 Å². The van der Waals surface area contributed by atoms with Crippen molar-refractivity contribution in [1.29, 1.82) is 0 Å². The molecule has 2 aliphatic heterocycles. The summed E-state index contributed by atoms with van der Waals surface area (Å²) in [5.41, 5.74) is 3.46. The fourth-order valence-electron chi connectivity index (χ4n) is 2.89. The molecular formula is C15H17NO2. The molecule has 0 bridgehead atoms. The Hall–Kier alpha value is -1.77. The van der Waals surface area contributed by atoms with Gasteiger partial charge in [0, 0.05) is 24.4 Å². The van der Waals surface area contributed by atoms with Crippen molar-refractivity contribution in [1.82, 2.24) is 4.90 Å². The minimum absolute atomic E-state index is 0.165. The Balaban J connectivity index is 1.93. The third kappa shape index (κ3) is 1.80. The van der Waals surface area contributed by atoms with Crippen molar-refractivity contribution in [2.45, 2.75) is 19.8 Å². The first-order chi connectivity index (χ1) is 8.79. The molecule has 0 aromatic rings. The number of nitrogens with zero attached hydrogens (tertiary/aromatic N) is 1.